The molecule has 0 radical (unpaired) electrons. The Morgan fingerprint density at radius 3 is 2.41 bits per heavy atom. The molecule has 2 bridgehead atoms. The van der Waals surface area contributed by atoms with Gasteiger partial charge >= 0.3 is 12.1 Å². The molecular formula is C48H52N4O11S. The van der Waals surface area contributed by atoms with Crippen LogP contribution in [0.4, 0.5) is 4.79 Å². The number of benzene rings is 3. The predicted octanol–water partition coefficient (Wildman–Crippen LogP) is 6.98. The lowest BCUT2D eigenvalue weighted by atomic mass is 9.76. The summed E-state index contributed by atoms with van der Waals surface area (Å²) in [6.45, 7) is 18.0. The molecule has 0 aromatic heterocycles. The summed E-state index contributed by atoms with van der Waals surface area (Å²) in [6.07, 6.45) is 3.10. The number of nitrogens with zero attached hydrogens (tertiary/aromatic N) is 3. The molecule has 16 heteroatoms. The highest BCUT2D eigenvalue weighted by Gasteiger charge is 2.73. The minimum atomic E-state index is -1.37. The van der Waals surface area contributed by atoms with Crippen molar-refractivity contribution in [3.63, 3.8) is 0 Å². The summed E-state index contributed by atoms with van der Waals surface area (Å²) in [5.41, 5.74) is 4.85. The van der Waals surface area contributed by atoms with Gasteiger partial charge in [0.05, 0.1) is 49.7 Å². The first-order chi connectivity index (χ1) is 30.8. The van der Waals surface area contributed by atoms with E-state index in [9.17, 15) is 10.1 Å². The highest BCUT2D eigenvalue weighted by atomic mass is 32.2. The standard InChI is InChI=1S/C48H52N4O11S/c1-10-14-57-40-24(4)41-43(61-22-60-41)33-29-20-59-45(53)48(27-18-30(55-8)31(17-25(27)12-13-50-48)62-46(54)63-47(5,6)7)21-64-44(34(33)40)38-37-32-26(35-36(52(35)37)28(19-49)51(29)38)16-23(3)39(56-9)42(32)58-15-11-2/h10-11,16-18,28-29,35-38,44,50H,1-2,12-15,20-22H2,3-9H3/t28-,29-,35?,36?,37+,38?,44+,48+,52?/m0/s1. The number of nitrogens with one attached hydrogen (secondary N) is 1. The minimum absolute atomic E-state index is 0.00581. The lowest BCUT2D eigenvalue weighted by molar-refractivity contribution is -0.155. The molecule has 336 valence electrons. The molecule has 3 saturated heterocycles. The predicted molar refractivity (Wildman–Crippen MR) is 235 cm³/mol. The number of esters is 1. The monoisotopic (exact) mass is 892 g/mol. The zero-order valence-corrected chi connectivity index (χ0v) is 37.8. The molecule has 8 aliphatic rings. The zero-order valence-electron chi connectivity index (χ0n) is 37.0. The number of hydrogen-bond acceptors (Lipinski definition) is 16. The Bertz CT molecular complexity index is 2550. The first kappa shape index (κ1) is 42.4. The quantitative estimate of drug-likeness (QED) is 0.101. The molecular weight excluding hydrogens is 841 g/mol. The number of carbonyl (C=O) groups excluding carboxylic acids is 2. The van der Waals surface area contributed by atoms with Gasteiger partial charge in [0, 0.05) is 40.6 Å². The molecule has 9 atom stereocenters. The molecule has 3 aromatic carbocycles. The molecule has 0 saturated carbocycles. The van der Waals surface area contributed by atoms with E-state index in [4.69, 9.17) is 42.6 Å². The van der Waals surface area contributed by atoms with E-state index < -0.39 is 40.6 Å². The highest BCUT2D eigenvalue weighted by Crippen LogP contribution is 2.72. The maximum Gasteiger partial charge on any atom is 0.514 e. The third kappa shape index (κ3) is 6.18. The van der Waals surface area contributed by atoms with E-state index in [2.05, 4.69) is 40.4 Å². The summed E-state index contributed by atoms with van der Waals surface area (Å²) in [7, 11) is 3.14. The van der Waals surface area contributed by atoms with Crippen molar-refractivity contribution in [2.24, 2.45) is 0 Å². The van der Waals surface area contributed by atoms with E-state index in [-0.39, 0.29) is 68.0 Å². The van der Waals surface area contributed by atoms with Gasteiger partial charge in [0.25, 0.3) is 0 Å². The van der Waals surface area contributed by atoms with Gasteiger partial charge in [0.2, 0.25) is 6.79 Å². The summed E-state index contributed by atoms with van der Waals surface area (Å²) >= 11 is 1.60. The molecule has 0 amide bonds. The number of thioether (sulfide) groups is 1. The van der Waals surface area contributed by atoms with E-state index in [0.29, 0.717) is 47.3 Å². The van der Waals surface area contributed by atoms with Crippen molar-refractivity contribution in [3.05, 3.63) is 88.0 Å². The average Bonchev–Trinajstić information content (AvgIpc) is 3.60. The van der Waals surface area contributed by atoms with E-state index in [1.54, 1.807) is 63.9 Å². The molecule has 8 aliphatic heterocycles. The molecule has 3 aromatic rings. The maximum atomic E-state index is 15.1. The molecule has 1 spiro atoms. The fourth-order valence-electron chi connectivity index (χ4n) is 11.2. The van der Waals surface area contributed by atoms with Crippen LogP contribution >= 0.6 is 11.8 Å². The number of carbonyl (C=O) groups is 2. The minimum Gasteiger partial charge on any atom is -0.493 e. The van der Waals surface area contributed by atoms with Gasteiger partial charge in [-0.2, -0.15) is 5.26 Å². The largest absolute Gasteiger partial charge is 0.514 e. The van der Waals surface area contributed by atoms with E-state index >= 15 is 4.79 Å². The Kier molecular flexibility index (Phi) is 10.3. The first-order valence-electron chi connectivity index (χ1n) is 21.6. The van der Waals surface area contributed by atoms with E-state index in [1.807, 2.05) is 13.8 Å². The molecule has 0 aliphatic carbocycles. The molecule has 15 nitrogen and oxygen atoms in total. The van der Waals surface area contributed by atoms with Crippen molar-refractivity contribution in [3.8, 4) is 46.3 Å². The number of fused-ring (bicyclic) bond motifs is 9. The Hall–Kier alpha value is -5.60. The summed E-state index contributed by atoms with van der Waals surface area (Å²) in [6, 6.07) is 6.39. The number of aryl methyl sites for hydroxylation is 1. The van der Waals surface area contributed by atoms with Crippen LogP contribution in [0.3, 0.4) is 0 Å². The Morgan fingerprint density at radius 2 is 1.70 bits per heavy atom. The van der Waals surface area contributed by atoms with Gasteiger partial charge in [-0.15, -0.1) is 11.8 Å². The summed E-state index contributed by atoms with van der Waals surface area (Å²) < 4.78 is 55.4. The highest BCUT2D eigenvalue weighted by molar-refractivity contribution is 7.99. The number of hydrogen-bond donors (Lipinski definition) is 1. The van der Waals surface area contributed by atoms with Crippen LogP contribution < -0.4 is 38.5 Å². The second-order valence-corrected chi connectivity index (χ2v) is 19.2. The third-order valence-electron chi connectivity index (χ3n) is 13.5. The van der Waals surface area contributed by atoms with Crippen molar-refractivity contribution in [2.75, 3.05) is 53.1 Å². The fraction of sp³-hybridized carbons (Fsp3) is 0.479. The number of nitriles is 1. The summed E-state index contributed by atoms with van der Waals surface area (Å²) in [5, 5.41) is 14.5. The fourth-order valence-corrected chi connectivity index (χ4v) is 12.9. The zero-order chi connectivity index (χ0) is 45.0. The normalized spacial score (nSPS) is 28.8. The van der Waals surface area contributed by atoms with Crippen LogP contribution in [0.1, 0.15) is 88.7 Å². The number of methoxy groups -OCH3 is 2. The molecule has 64 heavy (non-hydrogen) atoms. The van der Waals surface area contributed by atoms with Crippen LogP contribution in [0.2, 0.25) is 0 Å². The SMILES string of the molecule is C=CCOc1c(C)c2c(c3c1[C@H]1SC[C@]4(NCCc5cc(OC(=O)OC(C)(C)C)c(OC)cc54)C(=O)OC[C@@H]3N3C1[C@H]1c4c(cc(C)c(OC)c4OCC=C)C4C([C@@H]3C#N)N41)OCO2. The van der Waals surface area contributed by atoms with Crippen LogP contribution in [0.5, 0.6) is 40.2 Å². The van der Waals surface area contributed by atoms with Crippen molar-refractivity contribution in [2.45, 2.75) is 93.7 Å². The van der Waals surface area contributed by atoms with Gasteiger partial charge in [-0.05, 0) is 75.4 Å². The molecule has 4 unspecified atom stereocenters. The average molecular weight is 893 g/mol. The van der Waals surface area contributed by atoms with Gasteiger partial charge in [-0.1, -0.05) is 31.4 Å². The number of ether oxygens (including phenoxy) is 9. The van der Waals surface area contributed by atoms with Gasteiger partial charge < -0.3 is 42.6 Å². The maximum absolute atomic E-state index is 15.1. The molecule has 8 heterocycles. The smallest absolute Gasteiger partial charge is 0.493 e. The summed E-state index contributed by atoms with van der Waals surface area (Å²) in [5.74, 6) is 3.24. The molecule has 1 N–H and O–H groups in total. The third-order valence-corrected chi connectivity index (χ3v) is 15.0. The van der Waals surface area contributed by atoms with Crippen molar-refractivity contribution < 1.29 is 52.2 Å². The van der Waals surface area contributed by atoms with Crippen LogP contribution in [-0.2, 0) is 26.2 Å². The van der Waals surface area contributed by atoms with E-state index in [0.717, 1.165) is 38.9 Å². The van der Waals surface area contributed by atoms with Gasteiger partial charge in [0.15, 0.2) is 40.0 Å². The van der Waals surface area contributed by atoms with Crippen LogP contribution in [0.25, 0.3) is 0 Å². The second kappa shape index (κ2) is 15.5. The number of piperazine rings is 1. The number of rotatable bonds is 9. The van der Waals surface area contributed by atoms with Crippen molar-refractivity contribution in [1.82, 2.24) is 15.1 Å². The van der Waals surface area contributed by atoms with Crippen molar-refractivity contribution >= 4 is 23.9 Å². The molecule has 3 fully saturated rings. The van der Waals surface area contributed by atoms with Crippen LogP contribution in [-0.4, -0.2) is 98.8 Å². The van der Waals surface area contributed by atoms with Crippen molar-refractivity contribution in [1.29, 1.82) is 5.26 Å². The van der Waals surface area contributed by atoms with Gasteiger partial charge in [0.1, 0.15) is 37.2 Å². The second-order valence-electron chi connectivity index (χ2n) is 18.1. The lowest BCUT2D eigenvalue weighted by Crippen LogP contribution is -2.62. The van der Waals surface area contributed by atoms with Crippen LogP contribution in [0.15, 0.2) is 43.5 Å². The lowest BCUT2D eigenvalue weighted by Gasteiger charge is -2.55. The van der Waals surface area contributed by atoms with E-state index in [1.165, 1.54) is 7.11 Å². The first-order valence-corrected chi connectivity index (χ1v) is 22.6. The Morgan fingerprint density at radius 1 is 0.953 bits per heavy atom. The Balaban J connectivity index is 1.18. The Labute approximate surface area is 376 Å². The van der Waals surface area contributed by atoms with Gasteiger partial charge in [-0.3, -0.25) is 15.1 Å². The summed E-state index contributed by atoms with van der Waals surface area (Å²) in [4.78, 5) is 32.8. The van der Waals surface area contributed by atoms with Gasteiger partial charge in [-0.25, -0.2) is 9.59 Å². The molecule has 11 rings (SSSR count). The van der Waals surface area contributed by atoms with Crippen LogP contribution in [0, 0.1) is 25.2 Å². The topological polar surface area (TPSA) is 159 Å².